The molecule has 1 fully saturated rings. The molecular weight excluding hydrogens is 265 g/mol. The Morgan fingerprint density at radius 3 is 2.71 bits per heavy atom. The molecular formula is C17H28FN3. The molecule has 0 bridgehead atoms. The van der Waals surface area contributed by atoms with Crippen molar-refractivity contribution >= 4 is 5.69 Å². The lowest BCUT2D eigenvalue weighted by Gasteiger charge is -2.40. The van der Waals surface area contributed by atoms with Crippen LogP contribution in [0.15, 0.2) is 12.1 Å². The number of anilines is 1. The predicted octanol–water partition coefficient (Wildman–Crippen LogP) is 2.94. The molecule has 0 aromatic heterocycles. The number of rotatable bonds is 4. The highest BCUT2D eigenvalue weighted by Crippen LogP contribution is 2.30. The van der Waals surface area contributed by atoms with Crippen LogP contribution in [0.3, 0.4) is 0 Å². The van der Waals surface area contributed by atoms with E-state index in [1.54, 1.807) is 6.07 Å². The monoisotopic (exact) mass is 293 g/mol. The Hall–Kier alpha value is -1.13. The van der Waals surface area contributed by atoms with Crippen molar-refractivity contribution in [2.24, 2.45) is 0 Å². The summed E-state index contributed by atoms with van der Waals surface area (Å²) < 4.78 is 14.0. The minimum absolute atomic E-state index is 0.110. The highest BCUT2D eigenvalue weighted by atomic mass is 19.1. The second-order valence-corrected chi connectivity index (χ2v) is 6.22. The topological polar surface area (TPSA) is 18.5 Å². The lowest BCUT2D eigenvalue weighted by molar-refractivity contribution is 0.234. The van der Waals surface area contributed by atoms with Gasteiger partial charge in [-0.25, -0.2) is 4.39 Å². The molecule has 2 unspecified atom stereocenters. The van der Waals surface area contributed by atoms with E-state index in [9.17, 15) is 4.39 Å². The van der Waals surface area contributed by atoms with Gasteiger partial charge >= 0.3 is 0 Å². The van der Waals surface area contributed by atoms with E-state index in [0.29, 0.717) is 6.04 Å². The molecule has 0 aliphatic carbocycles. The quantitative estimate of drug-likeness (QED) is 0.921. The third-order valence-electron chi connectivity index (χ3n) is 4.59. The average Bonchev–Trinajstić information content (AvgIpc) is 2.44. The Morgan fingerprint density at radius 2 is 2.10 bits per heavy atom. The standard InChI is InChI=1S/C17H28FN3/c1-6-19-14(4)15-10-16(18)12(2)9-17(15)21-8-7-20(5)13(3)11-21/h9-10,13-14,19H,6-8,11H2,1-5H3. The van der Waals surface area contributed by atoms with E-state index in [0.717, 1.165) is 37.3 Å². The number of nitrogens with one attached hydrogen (secondary N) is 1. The van der Waals surface area contributed by atoms with Gasteiger partial charge < -0.3 is 15.1 Å². The van der Waals surface area contributed by atoms with Gasteiger partial charge in [-0.2, -0.15) is 0 Å². The van der Waals surface area contributed by atoms with E-state index in [-0.39, 0.29) is 11.9 Å². The summed E-state index contributed by atoms with van der Waals surface area (Å²) in [5, 5.41) is 3.40. The summed E-state index contributed by atoms with van der Waals surface area (Å²) in [6.45, 7) is 12.2. The maximum Gasteiger partial charge on any atom is 0.126 e. The summed E-state index contributed by atoms with van der Waals surface area (Å²) >= 11 is 0. The first-order chi connectivity index (χ1) is 9.93. The largest absolute Gasteiger partial charge is 0.368 e. The van der Waals surface area contributed by atoms with Crippen molar-refractivity contribution in [3.8, 4) is 0 Å². The SMILES string of the molecule is CCNC(C)c1cc(F)c(C)cc1N1CCN(C)C(C)C1. The van der Waals surface area contributed by atoms with Gasteiger partial charge in [-0.1, -0.05) is 6.92 Å². The number of nitrogens with zero attached hydrogens (tertiary/aromatic N) is 2. The molecule has 0 radical (unpaired) electrons. The van der Waals surface area contributed by atoms with Crippen LogP contribution in [-0.4, -0.2) is 44.2 Å². The lowest BCUT2D eigenvalue weighted by atomic mass is 10.0. The number of hydrogen-bond donors (Lipinski definition) is 1. The van der Waals surface area contributed by atoms with Gasteiger partial charge in [-0.15, -0.1) is 0 Å². The molecule has 0 amide bonds. The summed E-state index contributed by atoms with van der Waals surface area (Å²) in [4.78, 5) is 4.78. The normalized spacial score (nSPS) is 21.6. The third-order valence-corrected chi connectivity index (χ3v) is 4.59. The van der Waals surface area contributed by atoms with E-state index in [2.05, 4.69) is 42.9 Å². The predicted molar refractivity (Wildman–Crippen MR) is 87.5 cm³/mol. The van der Waals surface area contributed by atoms with Gasteiger partial charge in [0.2, 0.25) is 0 Å². The van der Waals surface area contributed by atoms with Crippen molar-refractivity contribution in [3.63, 3.8) is 0 Å². The molecule has 3 nitrogen and oxygen atoms in total. The molecule has 2 atom stereocenters. The fraction of sp³-hybridized carbons (Fsp3) is 0.647. The van der Waals surface area contributed by atoms with E-state index in [1.165, 1.54) is 5.69 Å². The van der Waals surface area contributed by atoms with Gasteiger partial charge in [0.1, 0.15) is 5.82 Å². The summed E-state index contributed by atoms with van der Waals surface area (Å²) in [5.74, 6) is -0.110. The van der Waals surface area contributed by atoms with Crippen molar-refractivity contribution in [1.82, 2.24) is 10.2 Å². The summed E-state index contributed by atoms with van der Waals surface area (Å²) in [6.07, 6.45) is 0. The van der Waals surface area contributed by atoms with Crippen molar-refractivity contribution in [2.45, 2.75) is 39.8 Å². The molecule has 1 N–H and O–H groups in total. The van der Waals surface area contributed by atoms with Crippen molar-refractivity contribution in [2.75, 3.05) is 38.1 Å². The van der Waals surface area contributed by atoms with Crippen LogP contribution in [-0.2, 0) is 0 Å². The van der Waals surface area contributed by atoms with E-state index >= 15 is 0 Å². The van der Waals surface area contributed by atoms with E-state index in [4.69, 9.17) is 0 Å². The second-order valence-electron chi connectivity index (χ2n) is 6.22. The number of aryl methyl sites for hydroxylation is 1. The molecule has 0 saturated carbocycles. The zero-order chi connectivity index (χ0) is 15.6. The van der Waals surface area contributed by atoms with Crippen LogP contribution in [0.4, 0.5) is 10.1 Å². The fourth-order valence-corrected chi connectivity index (χ4v) is 2.99. The van der Waals surface area contributed by atoms with Crippen LogP contribution < -0.4 is 10.2 Å². The van der Waals surface area contributed by atoms with E-state index in [1.807, 2.05) is 13.0 Å². The molecule has 0 spiro atoms. The molecule has 1 saturated heterocycles. The molecule has 1 aromatic rings. The molecule has 1 heterocycles. The van der Waals surface area contributed by atoms with Gasteiger partial charge in [0.15, 0.2) is 0 Å². The fourth-order valence-electron chi connectivity index (χ4n) is 2.99. The van der Waals surface area contributed by atoms with Crippen LogP contribution in [0, 0.1) is 12.7 Å². The van der Waals surface area contributed by atoms with Gasteiger partial charge in [0.25, 0.3) is 0 Å². The summed E-state index contributed by atoms with van der Waals surface area (Å²) in [6, 6.07) is 4.40. The Balaban J connectivity index is 2.34. The number of hydrogen-bond acceptors (Lipinski definition) is 3. The van der Waals surface area contributed by atoms with Crippen molar-refractivity contribution in [1.29, 1.82) is 0 Å². The van der Waals surface area contributed by atoms with Crippen LogP contribution >= 0.6 is 0 Å². The highest BCUT2D eigenvalue weighted by molar-refractivity contribution is 5.57. The summed E-state index contributed by atoms with van der Waals surface area (Å²) in [5.41, 5.74) is 2.98. The van der Waals surface area contributed by atoms with Crippen LogP contribution in [0.25, 0.3) is 0 Å². The molecule has 4 heteroatoms. The first-order valence-electron chi connectivity index (χ1n) is 7.92. The van der Waals surface area contributed by atoms with Crippen molar-refractivity contribution < 1.29 is 4.39 Å². The van der Waals surface area contributed by atoms with Gasteiger partial charge in [-0.05, 0) is 57.6 Å². The Kier molecular flexibility index (Phi) is 5.22. The van der Waals surface area contributed by atoms with Crippen LogP contribution in [0.2, 0.25) is 0 Å². The third kappa shape index (κ3) is 3.55. The average molecular weight is 293 g/mol. The maximum atomic E-state index is 14.0. The minimum Gasteiger partial charge on any atom is -0.368 e. The molecule has 1 aliphatic heterocycles. The number of benzene rings is 1. The second kappa shape index (κ2) is 6.75. The number of piperazine rings is 1. The first kappa shape index (κ1) is 16.2. The van der Waals surface area contributed by atoms with Crippen LogP contribution in [0.1, 0.15) is 37.9 Å². The van der Waals surface area contributed by atoms with Crippen molar-refractivity contribution in [3.05, 3.63) is 29.1 Å². The number of halogens is 1. The Morgan fingerprint density at radius 1 is 1.38 bits per heavy atom. The molecule has 1 aliphatic rings. The lowest BCUT2D eigenvalue weighted by Crippen LogP contribution is -2.50. The van der Waals surface area contributed by atoms with Crippen LogP contribution in [0.5, 0.6) is 0 Å². The zero-order valence-corrected chi connectivity index (χ0v) is 13.9. The molecule has 118 valence electrons. The Bertz CT molecular complexity index is 489. The van der Waals surface area contributed by atoms with E-state index < -0.39 is 0 Å². The maximum absolute atomic E-state index is 14.0. The number of likely N-dealkylation sites (N-methyl/N-ethyl adjacent to an activating group) is 1. The molecule has 21 heavy (non-hydrogen) atoms. The van der Waals surface area contributed by atoms with Gasteiger partial charge in [0, 0.05) is 37.4 Å². The molecule has 1 aromatic carbocycles. The zero-order valence-electron chi connectivity index (χ0n) is 13.9. The first-order valence-corrected chi connectivity index (χ1v) is 7.92. The Labute approximate surface area is 128 Å². The highest BCUT2D eigenvalue weighted by Gasteiger charge is 2.24. The molecule has 2 rings (SSSR count). The summed E-state index contributed by atoms with van der Waals surface area (Å²) in [7, 11) is 2.17. The van der Waals surface area contributed by atoms with Gasteiger partial charge in [-0.3, -0.25) is 0 Å². The van der Waals surface area contributed by atoms with Gasteiger partial charge in [0.05, 0.1) is 0 Å². The minimum atomic E-state index is -0.110. The smallest absolute Gasteiger partial charge is 0.126 e.